The molecule has 0 amide bonds. The third-order valence-electron chi connectivity index (χ3n) is 2.63. The van der Waals surface area contributed by atoms with E-state index in [2.05, 4.69) is 57.2 Å². The number of halogens is 1. The van der Waals surface area contributed by atoms with E-state index >= 15 is 0 Å². The van der Waals surface area contributed by atoms with Crippen LogP contribution in [0.2, 0.25) is 0 Å². The molecule has 1 aromatic rings. The average Bonchev–Trinajstić information content (AvgIpc) is 2.15. The number of benzene rings is 1. The normalized spacial score (nSPS) is 19.9. The van der Waals surface area contributed by atoms with Gasteiger partial charge in [0, 0.05) is 0 Å². The van der Waals surface area contributed by atoms with Gasteiger partial charge in [-0.25, -0.2) is 0 Å². The Labute approximate surface area is 109 Å². The Kier molecular flexibility index (Phi) is 3.85. The van der Waals surface area contributed by atoms with Crippen molar-refractivity contribution in [2.24, 2.45) is 5.92 Å². The Bertz CT molecular complexity index is 420. The van der Waals surface area contributed by atoms with Gasteiger partial charge in [-0.2, -0.15) is 0 Å². The molecule has 0 radical (unpaired) electrons. The van der Waals surface area contributed by atoms with Crippen LogP contribution in [0.25, 0.3) is 0 Å². The summed E-state index contributed by atoms with van der Waals surface area (Å²) in [4.78, 5) is 0. The van der Waals surface area contributed by atoms with E-state index in [0.717, 1.165) is 5.92 Å². The Morgan fingerprint density at radius 1 is 1.12 bits per heavy atom. The van der Waals surface area contributed by atoms with Gasteiger partial charge in [0.25, 0.3) is 0 Å². The van der Waals surface area contributed by atoms with Gasteiger partial charge in [0.05, 0.1) is 0 Å². The van der Waals surface area contributed by atoms with Crippen LogP contribution in [0.5, 0.6) is 0 Å². The first-order valence-electron chi connectivity index (χ1n) is 5.75. The fraction of sp³-hybridized carbons (Fsp3) is 0.333. The Balaban J connectivity index is 2.17. The van der Waals surface area contributed by atoms with Crippen molar-refractivity contribution in [1.82, 2.24) is 0 Å². The summed E-state index contributed by atoms with van der Waals surface area (Å²) in [6.07, 6.45) is 8.30. The van der Waals surface area contributed by atoms with Crippen LogP contribution >= 0.6 is 0 Å². The van der Waals surface area contributed by atoms with E-state index in [-0.39, 0.29) is 21.2 Å². The summed E-state index contributed by atoms with van der Waals surface area (Å²) in [5, 5.41) is 0. The molecule has 1 unspecified atom stereocenters. The van der Waals surface area contributed by atoms with Crippen LogP contribution in [0.3, 0.4) is 0 Å². The third kappa shape index (κ3) is 3.21. The molecule has 1 aliphatic carbocycles. The zero-order valence-corrected chi connectivity index (χ0v) is 12.3. The van der Waals surface area contributed by atoms with E-state index in [0.29, 0.717) is 0 Å². The monoisotopic (exact) mass is 325 g/mol. The van der Waals surface area contributed by atoms with Gasteiger partial charge in [-0.3, -0.25) is 0 Å². The van der Waals surface area contributed by atoms with Gasteiger partial charge in [-0.1, -0.05) is 0 Å². The molecular formula is C15H18I-. The number of hydrogen-bond donors (Lipinski definition) is 0. The number of rotatable bonds is 2. The first kappa shape index (κ1) is 11.9. The molecule has 1 heteroatoms. The fourth-order valence-corrected chi connectivity index (χ4v) is 5.19. The van der Waals surface area contributed by atoms with Crippen LogP contribution in [-0.4, -0.2) is 0 Å². The van der Waals surface area contributed by atoms with E-state index in [9.17, 15) is 0 Å². The van der Waals surface area contributed by atoms with Crippen molar-refractivity contribution in [3.63, 3.8) is 0 Å². The van der Waals surface area contributed by atoms with Crippen LogP contribution in [0.4, 0.5) is 0 Å². The van der Waals surface area contributed by atoms with Gasteiger partial charge in [0.1, 0.15) is 0 Å². The summed E-state index contributed by atoms with van der Waals surface area (Å²) in [5.41, 5.74) is 2.78. The molecule has 0 bridgehead atoms. The molecule has 0 N–H and O–H groups in total. The molecule has 0 saturated carbocycles. The molecule has 0 heterocycles. The second-order valence-corrected chi connectivity index (χ2v) is 7.60. The predicted molar refractivity (Wildman–Crippen MR) is 65.6 cm³/mol. The minimum atomic E-state index is 0.0192. The molecule has 1 atom stereocenters. The van der Waals surface area contributed by atoms with Crippen LogP contribution < -0.4 is 21.2 Å². The van der Waals surface area contributed by atoms with E-state index in [1.165, 1.54) is 17.5 Å². The molecule has 0 fully saturated rings. The zero-order valence-electron chi connectivity index (χ0n) is 10.1. The van der Waals surface area contributed by atoms with Gasteiger partial charge in [-0.15, -0.1) is 0 Å². The van der Waals surface area contributed by atoms with Crippen molar-refractivity contribution >= 4 is 0 Å². The fourth-order valence-electron chi connectivity index (χ4n) is 1.95. The van der Waals surface area contributed by atoms with Crippen molar-refractivity contribution in [3.05, 3.63) is 54.7 Å². The maximum absolute atomic E-state index is 2.45. The van der Waals surface area contributed by atoms with E-state index < -0.39 is 0 Å². The molecule has 0 aromatic heterocycles. The standard InChI is InChI=1S/C15H18I/c1-11-5-4-6-14(8-11)16-15-9-12(2)7-13(3)10-15/h4,6-11H,5H2,1-3H3/q-1. The molecule has 0 nitrogen and oxygen atoms in total. The Morgan fingerprint density at radius 2 is 1.81 bits per heavy atom. The van der Waals surface area contributed by atoms with Crippen LogP contribution in [0.1, 0.15) is 24.5 Å². The first-order valence-corrected chi connectivity index (χ1v) is 7.91. The van der Waals surface area contributed by atoms with Crippen LogP contribution in [0, 0.1) is 23.3 Å². The number of allylic oxidation sites excluding steroid dienone is 4. The molecule has 1 aliphatic rings. The van der Waals surface area contributed by atoms with Gasteiger partial charge in [0.2, 0.25) is 0 Å². The SMILES string of the molecule is Cc1cc(C)cc([I-]C2=CC(C)CC=C2)c1. The summed E-state index contributed by atoms with van der Waals surface area (Å²) < 4.78 is 3.11. The maximum atomic E-state index is 2.45. The van der Waals surface area contributed by atoms with E-state index in [1.54, 1.807) is 7.15 Å². The summed E-state index contributed by atoms with van der Waals surface area (Å²) in [6, 6.07) is 6.93. The van der Waals surface area contributed by atoms with E-state index in [1.807, 2.05) is 0 Å². The summed E-state index contributed by atoms with van der Waals surface area (Å²) in [5.74, 6) is 0.727. The molecule has 16 heavy (non-hydrogen) atoms. The van der Waals surface area contributed by atoms with Crippen LogP contribution in [0.15, 0.2) is 40.0 Å². The Hall–Kier alpha value is -0.570. The van der Waals surface area contributed by atoms with Crippen LogP contribution in [-0.2, 0) is 0 Å². The van der Waals surface area contributed by atoms with Crippen molar-refractivity contribution < 1.29 is 21.2 Å². The number of aryl methyl sites for hydroxylation is 2. The molecule has 1 aromatic carbocycles. The second kappa shape index (κ2) is 5.17. The molecule has 0 saturated heterocycles. The second-order valence-electron chi connectivity index (χ2n) is 4.57. The summed E-state index contributed by atoms with van der Waals surface area (Å²) >= 11 is 0.0192. The quantitative estimate of drug-likeness (QED) is 0.713. The Morgan fingerprint density at radius 3 is 2.44 bits per heavy atom. The first-order chi connectivity index (χ1) is 7.63. The predicted octanol–water partition coefficient (Wildman–Crippen LogP) is 1.04. The van der Waals surface area contributed by atoms with Gasteiger partial charge in [0.15, 0.2) is 0 Å². The van der Waals surface area contributed by atoms with Gasteiger partial charge < -0.3 is 0 Å². The van der Waals surface area contributed by atoms with Gasteiger partial charge in [-0.05, 0) is 0 Å². The molecule has 0 spiro atoms. The molecule has 2 rings (SSSR count). The zero-order chi connectivity index (χ0) is 11.5. The van der Waals surface area contributed by atoms with E-state index in [4.69, 9.17) is 0 Å². The summed E-state index contributed by atoms with van der Waals surface area (Å²) in [7, 11) is 0. The minimum absolute atomic E-state index is 0.0192. The topological polar surface area (TPSA) is 0 Å². The molecule has 0 aliphatic heterocycles. The number of hydrogen-bond acceptors (Lipinski definition) is 0. The third-order valence-corrected chi connectivity index (χ3v) is 5.22. The van der Waals surface area contributed by atoms with Gasteiger partial charge >= 0.3 is 109 Å². The van der Waals surface area contributed by atoms with Crippen molar-refractivity contribution in [2.75, 3.05) is 0 Å². The molecule has 86 valence electrons. The molecular weight excluding hydrogens is 307 g/mol. The van der Waals surface area contributed by atoms with Crippen molar-refractivity contribution in [1.29, 1.82) is 0 Å². The van der Waals surface area contributed by atoms with Crippen molar-refractivity contribution in [2.45, 2.75) is 27.2 Å². The summed E-state index contributed by atoms with van der Waals surface area (Å²) in [6.45, 7) is 6.68. The van der Waals surface area contributed by atoms with Crippen molar-refractivity contribution in [3.8, 4) is 0 Å². The average molecular weight is 325 g/mol.